The van der Waals surface area contributed by atoms with Crippen molar-refractivity contribution in [1.82, 2.24) is 0 Å². The van der Waals surface area contributed by atoms with Crippen molar-refractivity contribution in [2.24, 2.45) is 0 Å². The van der Waals surface area contributed by atoms with Crippen LogP contribution in [0.2, 0.25) is 0 Å². The van der Waals surface area contributed by atoms with Crippen molar-refractivity contribution in [1.29, 1.82) is 0 Å². The van der Waals surface area contributed by atoms with Crippen LogP contribution in [-0.4, -0.2) is 0 Å². The van der Waals surface area contributed by atoms with Gasteiger partial charge in [0.1, 0.15) is 0 Å². The fraction of sp³-hybridized carbons (Fsp3) is 0.143. The topological polar surface area (TPSA) is 0 Å². The van der Waals surface area contributed by atoms with E-state index >= 15 is 0 Å². The van der Waals surface area contributed by atoms with Crippen LogP contribution in [0.4, 0.5) is 0 Å². The molecule has 0 amide bonds. The summed E-state index contributed by atoms with van der Waals surface area (Å²) in [7, 11) is 0. The summed E-state index contributed by atoms with van der Waals surface area (Å²) in [4.78, 5) is 0. The molecule has 0 radical (unpaired) electrons. The third-order valence-electron chi connectivity index (χ3n) is 2.47. The average Bonchev–Trinajstić information content (AvgIpc) is 2.30. The zero-order valence-electron chi connectivity index (χ0n) is 8.40. The first kappa shape index (κ1) is 9.01. The van der Waals surface area contributed by atoms with E-state index in [9.17, 15) is 0 Å². The Labute approximate surface area is 85.3 Å². The van der Waals surface area contributed by atoms with Crippen molar-refractivity contribution < 1.29 is 0 Å². The number of hydrogen-bond acceptors (Lipinski definition) is 0. The van der Waals surface area contributed by atoms with Crippen LogP contribution in [0.3, 0.4) is 0 Å². The molecule has 0 aromatic heterocycles. The highest BCUT2D eigenvalue weighted by atomic mass is 14.1. The summed E-state index contributed by atoms with van der Waals surface area (Å²) in [5, 5.41) is 0. The molecule has 0 saturated heterocycles. The van der Waals surface area contributed by atoms with Gasteiger partial charge in [-0.15, -0.1) is 0 Å². The minimum atomic E-state index is 1.06. The molecule has 1 aliphatic carbocycles. The van der Waals surface area contributed by atoms with E-state index in [-0.39, 0.29) is 0 Å². The SMILES string of the molecule is CC=C1C=C(c2ccccc2)C=CC1. The van der Waals surface area contributed by atoms with Crippen molar-refractivity contribution in [3.63, 3.8) is 0 Å². The number of allylic oxidation sites excluding steroid dienone is 6. The van der Waals surface area contributed by atoms with E-state index in [1.807, 2.05) is 6.07 Å². The first-order valence-electron chi connectivity index (χ1n) is 4.99. The van der Waals surface area contributed by atoms with Gasteiger partial charge in [0.15, 0.2) is 0 Å². The molecule has 0 atom stereocenters. The molecule has 1 aliphatic rings. The van der Waals surface area contributed by atoms with E-state index in [0.29, 0.717) is 0 Å². The third kappa shape index (κ3) is 1.85. The van der Waals surface area contributed by atoms with Crippen molar-refractivity contribution in [2.45, 2.75) is 13.3 Å². The molecule has 0 bridgehead atoms. The molecule has 0 N–H and O–H groups in total. The summed E-state index contributed by atoms with van der Waals surface area (Å²) < 4.78 is 0. The minimum Gasteiger partial charge on any atom is -0.0841 e. The van der Waals surface area contributed by atoms with E-state index in [4.69, 9.17) is 0 Å². The molecular formula is C14H14. The van der Waals surface area contributed by atoms with Crippen LogP contribution in [0.5, 0.6) is 0 Å². The highest BCUT2D eigenvalue weighted by Gasteiger charge is 2.02. The summed E-state index contributed by atoms with van der Waals surface area (Å²) >= 11 is 0. The molecule has 0 fully saturated rings. The summed E-state index contributed by atoms with van der Waals surface area (Å²) in [6.45, 7) is 2.09. The molecule has 0 spiro atoms. The highest BCUT2D eigenvalue weighted by Crippen LogP contribution is 2.23. The van der Waals surface area contributed by atoms with Gasteiger partial charge in [0.05, 0.1) is 0 Å². The maximum atomic E-state index is 2.26. The largest absolute Gasteiger partial charge is 0.0841 e. The van der Waals surface area contributed by atoms with Crippen LogP contribution >= 0.6 is 0 Å². The molecule has 14 heavy (non-hydrogen) atoms. The van der Waals surface area contributed by atoms with E-state index in [1.165, 1.54) is 16.7 Å². The highest BCUT2D eigenvalue weighted by molar-refractivity contribution is 5.77. The fourth-order valence-electron chi connectivity index (χ4n) is 1.64. The monoisotopic (exact) mass is 182 g/mol. The molecule has 0 nitrogen and oxygen atoms in total. The Kier molecular flexibility index (Phi) is 2.64. The molecule has 0 aliphatic heterocycles. The summed E-state index contributed by atoms with van der Waals surface area (Å²) in [6.07, 6.45) is 9.91. The van der Waals surface area contributed by atoms with Crippen LogP contribution in [0, 0.1) is 0 Å². The first-order chi connectivity index (χ1) is 6.90. The predicted octanol–water partition coefficient (Wildman–Crippen LogP) is 3.98. The quantitative estimate of drug-likeness (QED) is 0.616. The molecule has 1 aromatic carbocycles. The minimum absolute atomic E-state index is 1.06. The molecular weight excluding hydrogens is 168 g/mol. The average molecular weight is 182 g/mol. The Morgan fingerprint density at radius 1 is 1.14 bits per heavy atom. The number of benzene rings is 1. The Morgan fingerprint density at radius 2 is 1.93 bits per heavy atom. The lowest BCUT2D eigenvalue weighted by Gasteiger charge is -2.09. The van der Waals surface area contributed by atoms with E-state index in [2.05, 4.69) is 55.5 Å². The van der Waals surface area contributed by atoms with Gasteiger partial charge in [-0.2, -0.15) is 0 Å². The van der Waals surface area contributed by atoms with Crippen LogP contribution in [0.25, 0.3) is 5.57 Å². The van der Waals surface area contributed by atoms with Gasteiger partial charge in [-0.25, -0.2) is 0 Å². The molecule has 2 rings (SSSR count). The van der Waals surface area contributed by atoms with Gasteiger partial charge in [0.25, 0.3) is 0 Å². The smallest absolute Gasteiger partial charge is 0.00972 e. The van der Waals surface area contributed by atoms with E-state index < -0.39 is 0 Å². The van der Waals surface area contributed by atoms with Gasteiger partial charge in [0.2, 0.25) is 0 Å². The van der Waals surface area contributed by atoms with Crippen LogP contribution in [0.15, 0.2) is 60.2 Å². The zero-order chi connectivity index (χ0) is 9.80. The second-order valence-electron chi connectivity index (χ2n) is 3.44. The van der Waals surface area contributed by atoms with Crippen molar-refractivity contribution in [3.8, 4) is 0 Å². The van der Waals surface area contributed by atoms with Crippen molar-refractivity contribution >= 4 is 5.57 Å². The Hall–Kier alpha value is -1.56. The van der Waals surface area contributed by atoms with Crippen LogP contribution < -0.4 is 0 Å². The van der Waals surface area contributed by atoms with Crippen molar-refractivity contribution in [2.75, 3.05) is 0 Å². The van der Waals surface area contributed by atoms with Gasteiger partial charge in [-0.1, -0.05) is 54.6 Å². The Bertz CT molecular complexity index is 391. The lowest BCUT2D eigenvalue weighted by atomic mass is 9.96. The van der Waals surface area contributed by atoms with Gasteiger partial charge >= 0.3 is 0 Å². The normalized spacial score (nSPS) is 18.4. The van der Waals surface area contributed by atoms with Gasteiger partial charge < -0.3 is 0 Å². The first-order valence-corrected chi connectivity index (χ1v) is 4.99. The Morgan fingerprint density at radius 3 is 2.64 bits per heavy atom. The van der Waals surface area contributed by atoms with Crippen LogP contribution in [0.1, 0.15) is 18.9 Å². The maximum Gasteiger partial charge on any atom is -0.00972 e. The lowest BCUT2D eigenvalue weighted by molar-refractivity contribution is 1.25. The molecule has 0 heterocycles. The predicted molar refractivity (Wildman–Crippen MR) is 61.9 cm³/mol. The summed E-state index contributed by atoms with van der Waals surface area (Å²) in [6, 6.07) is 10.5. The van der Waals surface area contributed by atoms with E-state index in [0.717, 1.165) is 6.42 Å². The molecule has 70 valence electrons. The second-order valence-corrected chi connectivity index (χ2v) is 3.44. The molecule has 1 aromatic rings. The maximum absolute atomic E-state index is 2.26. The summed E-state index contributed by atoms with van der Waals surface area (Å²) in [5.41, 5.74) is 4.00. The molecule has 0 unspecified atom stereocenters. The molecule has 0 heteroatoms. The van der Waals surface area contributed by atoms with Gasteiger partial charge in [-0.05, 0) is 30.1 Å². The van der Waals surface area contributed by atoms with Crippen LogP contribution in [-0.2, 0) is 0 Å². The standard InChI is InChI=1S/C14H14/c1-2-12-7-6-10-14(11-12)13-8-4-3-5-9-13/h2-6,8-11H,7H2,1H3. The Balaban J connectivity index is 2.36. The number of rotatable bonds is 1. The summed E-state index contributed by atoms with van der Waals surface area (Å²) in [5.74, 6) is 0. The van der Waals surface area contributed by atoms with E-state index in [1.54, 1.807) is 0 Å². The molecule has 0 saturated carbocycles. The third-order valence-corrected chi connectivity index (χ3v) is 2.47. The van der Waals surface area contributed by atoms with Gasteiger partial charge in [-0.3, -0.25) is 0 Å². The number of hydrogen-bond donors (Lipinski definition) is 0. The lowest BCUT2D eigenvalue weighted by Crippen LogP contribution is -1.87. The van der Waals surface area contributed by atoms with Gasteiger partial charge in [0, 0.05) is 0 Å². The van der Waals surface area contributed by atoms with Crippen molar-refractivity contribution in [3.05, 3.63) is 65.8 Å². The second kappa shape index (κ2) is 4.10. The zero-order valence-corrected chi connectivity index (χ0v) is 8.40. The fourth-order valence-corrected chi connectivity index (χ4v) is 1.64.